The van der Waals surface area contributed by atoms with Gasteiger partial charge in [0.05, 0.1) is 0 Å². The number of allylic oxidation sites excluding steroid dienone is 3. The summed E-state index contributed by atoms with van der Waals surface area (Å²) in [6.45, 7) is 10.4. The van der Waals surface area contributed by atoms with Gasteiger partial charge in [-0.1, -0.05) is 53.6 Å². The highest BCUT2D eigenvalue weighted by Gasteiger charge is 2.30. The van der Waals surface area contributed by atoms with Crippen molar-refractivity contribution in [1.29, 1.82) is 0 Å². The molecule has 2 N–H and O–H groups in total. The Morgan fingerprint density at radius 1 is 1.00 bits per heavy atom. The predicted octanol–water partition coefficient (Wildman–Crippen LogP) is 6.21. The number of benzene rings is 2. The fraction of sp³-hybridized carbons (Fsp3) is 0.360. The molecule has 0 bridgehead atoms. The van der Waals surface area contributed by atoms with Gasteiger partial charge in [0.25, 0.3) is 0 Å². The molecule has 142 valence electrons. The van der Waals surface area contributed by atoms with Gasteiger partial charge in [-0.25, -0.2) is 0 Å². The molecule has 0 amide bonds. The highest BCUT2D eigenvalue weighted by atomic mass is 16.3. The topological polar surface area (TPSA) is 40.5 Å². The van der Waals surface area contributed by atoms with Crippen molar-refractivity contribution in [3.63, 3.8) is 0 Å². The van der Waals surface area contributed by atoms with E-state index in [-0.39, 0.29) is 23.3 Å². The van der Waals surface area contributed by atoms with Crippen molar-refractivity contribution in [2.45, 2.75) is 52.4 Å². The van der Waals surface area contributed by atoms with Crippen LogP contribution >= 0.6 is 0 Å². The van der Waals surface area contributed by atoms with Crippen LogP contribution in [-0.2, 0) is 12.8 Å². The van der Waals surface area contributed by atoms with Crippen LogP contribution in [0.5, 0.6) is 11.5 Å². The lowest BCUT2D eigenvalue weighted by Crippen LogP contribution is -2.17. The van der Waals surface area contributed by atoms with Crippen molar-refractivity contribution in [2.24, 2.45) is 5.92 Å². The Kier molecular flexibility index (Phi) is 5.74. The van der Waals surface area contributed by atoms with Gasteiger partial charge in [-0.15, -0.1) is 0 Å². The Balaban J connectivity index is 1.84. The molecule has 0 saturated carbocycles. The molecular formula is C25H30O2. The summed E-state index contributed by atoms with van der Waals surface area (Å²) >= 11 is 0. The van der Waals surface area contributed by atoms with Gasteiger partial charge in [0, 0.05) is 11.5 Å². The van der Waals surface area contributed by atoms with Crippen molar-refractivity contribution in [3.8, 4) is 11.5 Å². The van der Waals surface area contributed by atoms with Crippen molar-refractivity contribution in [1.82, 2.24) is 0 Å². The van der Waals surface area contributed by atoms with E-state index in [1.807, 2.05) is 19.1 Å². The van der Waals surface area contributed by atoms with Gasteiger partial charge in [-0.2, -0.15) is 0 Å². The second-order valence-electron chi connectivity index (χ2n) is 8.06. The van der Waals surface area contributed by atoms with Crippen molar-refractivity contribution < 1.29 is 10.2 Å². The molecule has 2 aromatic carbocycles. The highest BCUT2D eigenvalue weighted by molar-refractivity contribution is 5.52. The van der Waals surface area contributed by atoms with Gasteiger partial charge in [0.2, 0.25) is 0 Å². The maximum atomic E-state index is 10.7. The average Bonchev–Trinajstić information content (AvgIpc) is 2.60. The van der Waals surface area contributed by atoms with Crippen molar-refractivity contribution in [2.75, 3.05) is 0 Å². The zero-order chi connectivity index (χ0) is 19.6. The SMILES string of the molecule is C=C(C)C1CCC(C)=CC1c1c(O)cc(CCc2ccc(C)cc2)cc1O. The second kappa shape index (κ2) is 8.04. The number of rotatable bonds is 5. The summed E-state index contributed by atoms with van der Waals surface area (Å²) in [5, 5.41) is 21.4. The molecule has 0 spiro atoms. The summed E-state index contributed by atoms with van der Waals surface area (Å²) < 4.78 is 0. The lowest BCUT2D eigenvalue weighted by molar-refractivity contribution is 0.406. The molecule has 2 atom stereocenters. The fourth-order valence-corrected chi connectivity index (χ4v) is 4.12. The lowest BCUT2D eigenvalue weighted by Gasteiger charge is -2.31. The minimum atomic E-state index is -0.0117. The van der Waals surface area contributed by atoms with Crippen LogP contribution < -0.4 is 0 Å². The smallest absolute Gasteiger partial charge is 0.123 e. The summed E-state index contributed by atoms with van der Waals surface area (Å²) in [5.41, 5.74) is 6.52. The molecule has 2 unspecified atom stereocenters. The number of phenolic OH excluding ortho intramolecular Hbond substituents is 2. The first-order valence-corrected chi connectivity index (χ1v) is 9.78. The third kappa shape index (κ3) is 4.44. The molecule has 2 nitrogen and oxygen atoms in total. The molecule has 2 aromatic rings. The number of aromatic hydroxyl groups is 2. The number of hydrogen-bond acceptors (Lipinski definition) is 2. The Bertz CT molecular complexity index is 835. The van der Waals surface area contributed by atoms with E-state index in [1.165, 1.54) is 16.7 Å². The number of aryl methyl sites for hydroxylation is 3. The first-order chi connectivity index (χ1) is 12.8. The maximum Gasteiger partial charge on any atom is 0.123 e. The van der Waals surface area contributed by atoms with E-state index >= 15 is 0 Å². The van der Waals surface area contributed by atoms with Crippen LogP contribution in [-0.4, -0.2) is 10.2 Å². The molecule has 0 saturated heterocycles. The molecule has 2 heteroatoms. The van der Waals surface area contributed by atoms with Crippen LogP contribution in [0.2, 0.25) is 0 Å². The van der Waals surface area contributed by atoms with E-state index in [9.17, 15) is 10.2 Å². The molecule has 3 rings (SSSR count). The molecule has 0 radical (unpaired) electrons. The zero-order valence-corrected chi connectivity index (χ0v) is 16.6. The summed E-state index contributed by atoms with van der Waals surface area (Å²) in [6.07, 6.45) is 5.91. The Morgan fingerprint density at radius 2 is 1.59 bits per heavy atom. The Labute approximate surface area is 162 Å². The largest absolute Gasteiger partial charge is 0.507 e. The van der Waals surface area contributed by atoms with Crippen LogP contribution in [0.4, 0.5) is 0 Å². The van der Waals surface area contributed by atoms with Crippen LogP contribution in [0.3, 0.4) is 0 Å². The predicted molar refractivity (Wildman–Crippen MR) is 112 cm³/mol. The van der Waals surface area contributed by atoms with Crippen LogP contribution in [0.25, 0.3) is 0 Å². The zero-order valence-electron chi connectivity index (χ0n) is 16.6. The normalized spacial score (nSPS) is 19.6. The maximum absolute atomic E-state index is 10.7. The van der Waals surface area contributed by atoms with Gasteiger partial charge in [0.1, 0.15) is 11.5 Å². The minimum Gasteiger partial charge on any atom is -0.507 e. The lowest BCUT2D eigenvalue weighted by atomic mass is 9.73. The van der Waals surface area contributed by atoms with Crippen molar-refractivity contribution in [3.05, 3.63) is 82.5 Å². The van der Waals surface area contributed by atoms with E-state index in [2.05, 4.69) is 50.8 Å². The molecule has 1 aliphatic carbocycles. The fourth-order valence-electron chi connectivity index (χ4n) is 4.12. The van der Waals surface area contributed by atoms with Crippen molar-refractivity contribution >= 4 is 0 Å². The van der Waals surface area contributed by atoms with E-state index < -0.39 is 0 Å². The van der Waals surface area contributed by atoms with Crippen LogP contribution in [0, 0.1) is 12.8 Å². The monoisotopic (exact) mass is 362 g/mol. The molecule has 27 heavy (non-hydrogen) atoms. The Hall–Kier alpha value is -2.48. The van der Waals surface area contributed by atoms with E-state index in [0.29, 0.717) is 5.56 Å². The van der Waals surface area contributed by atoms with Gasteiger partial charge < -0.3 is 10.2 Å². The number of phenols is 2. The van der Waals surface area contributed by atoms with Gasteiger partial charge >= 0.3 is 0 Å². The van der Waals surface area contributed by atoms with E-state index in [1.54, 1.807) is 0 Å². The van der Waals surface area contributed by atoms with Gasteiger partial charge in [0.15, 0.2) is 0 Å². The molecule has 1 aliphatic rings. The highest BCUT2D eigenvalue weighted by Crippen LogP contribution is 2.46. The second-order valence-corrected chi connectivity index (χ2v) is 8.06. The summed E-state index contributed by atoms with van der Waals surface area (Å²) in [5.74, 6) is 0.624. The van der Waals surface area contributed by atoms with E-state index in [0.717, 1.165) is 36.8 Å². The van der Waals surface area contributed by atoms with Gasteiger partial charge in [-0.05, 0) is 75.6 Å². The quantitative estimate of drug-likeness (QED) is 0.621. The summed E-state index contributed by atoms with van der Waals surface area (Å²) in [4.78, 5) is 0. The van der Waals surface area contributed by atoms with Gasteiger partial charge in [-0.3, -0.25) is 0 Å². The average molecular weight is 363 g/mol. The van der Waals surface area contributed by atoms with Crippen LogP contribution in [0.15, 0.2) is 60.2 Å². The van der Waals surface area contributed by atoms with Crippen LogP contribution in [0.1, 0.15) is 54.9 Å². The first-order valence-electron chi connectivity index (χ1n) is 9.78. The summed E-state index contributed by atoms with van der Waals surface area (Å²) in [6, 6.07) is 12.1. The molecule has 0 fully saturated rings. The standard InChI is InChI=1S/C25H30O2/c1-16(2)21-12-7-18(4)13-22(21)25-23(26)14-20(15-24(25)27)11-10-19-8-5-17(3)6-9-19/h5-6,8-9,13-15,21-22,26-27H,1,7,10-12H2,2-4H3. The Morgan fingerprint density at radius 3 is 2.19 bits per heavy atom. The molecular weight excluding hydrogens is 332 g/mol. The molecule has 0 aliphatic heterocycles. The third-order valence-electron chi connectivity index (χ3n) is 5.73. The molecule has 0 aromatic heterocycles. The number of hydrogen-bond donors (Lipinski definition) is 2. The first kappa shape index (κ1) is 19.3. The summed E-state index contributed by atoms with van der Waals surface area (Å²) in [7, 11) is 0. The minimum absolute atomic E-state index is 0.0117. The molecule has 0 heterocycles. The van der Waals surface area contributed by atoms with E-state index in [4.69, 9.17) is 0 Å². The third-order valence-corrected chi connectivity index (χ3v) is 5.73.